The van der Waals surface area contributed by atoms with Gasteiger partial charge in [-0.25, -0.2) is 0 Å². The summed E-state index contributed by atoms with van der Waals surface area (Å²) in [7, 11) is 0. The summed E-state index contributed by atoms with van der Waals surface area (Å²) in [6.07, 6.45) is 0.934. The molecule has 2 aromatic carbocycles. The summed E-state index contributed by atoms with van der Waals surface area (Å²) in [5, 5.41) is 4.43. The van der Waals surface area contributed by atoms with E-state index < -0.39 is 0 Å². The fourth-order valence-corrected chi connectivity index (χ4v) is 3.16. The molecule has 0 bridgehead atoms. The molecule has 120 valence electrons. The van der Waals surface area contributed by atoms with Crippen molar-refractivity contribution in [1.29, 1.82) is 0 Å². The molecule has 23 heavy (non-hydrogen) atoms. The van der Waals surface area contributed by atoms with E-state index in [1.165, 1.54) is 12.0 Å². The second kappa shape index (κ2) is 7.64. The van der Waals surface area contributed by atoms with Crippen LogP contribution in [0.1, 0.15) is 13.3 Å². The number of para-hydroxylation sites is 1. The van der Waals surface area contributed by atoms with E-state index in [-0.39, 0.29) is 5.43 Å². The Balaban J connectivity index is 1.86. The third-order valence-electron chi connectivity index (χ3n) is 3.55. The van der Waals surface area contributed by atoms with Gasteiger partial charge in [-0.3, -0.25) is 4.79 Å². The Morgan fingerprint density at radius 2 is 1.96 bits per heavy atom. The van der Waals surface area contributed by atoms with Crippen LogP contribution in [0.3, 0.4) is 0 Å². The predicted octanol–water partition coefficient (Wildman–Crippen LogP) is 3.97. The SMILES string of the molecule is CCNCCCOSc1cccc2oc3ccccc3c(=O)c12. The van der Waals surface area contributed by atoms with Gasteiger partial charge in [0.1, 0.15) is 11.2 Å². The van der Waals surface area contributed by atoms with Crippen molar-refractivity contribution >= 4 is 34.0 Å². The monoisotopic (exact) mass is 329 g/mol. The molecule has 1 N–H and O–H groups in total. The van der Waals surface area contributed by atoms with E-state index in [4.69, 9.17) is 8.60 Å². The van der Waals surface area contributed by atoms with Crippen LogP contribution in [0.15, 0.2) is 56.6 Å². The summed E-state index contributed by atoms with van der Waals surface area (Å²) < 4.78 is 11.5. The number of nitrogens with one attached hydrogen (secondary N) is 1. The highest BCUT2D eigenvalue weighted by atomic mass is 32.2. The minimum atomic E-state index is -0.0128. The first-order valence-corrected chi connectivity index (χ1v) is 8.50. The van der Waals surface area contributed by atoms with Crippen LogP contribution < -0.4 is 10.7 Å². The lowest BCUT2D eigenvalue weighted by Gasteiger charge is -2.07. The summed E-state index contributed by atoms with van der Waals surface area (Å²) in [4.78, 5) is 13.5. The molecule has 0 aliphatic heterocycles. The van der Waals surface area contributed by atoms with Crippen molar-refractivity contribution in [3.8, 4) is 0 Å². The highest BCUT2D eigenvalue weighted by molar-refractivity contribution is 7.95. The lowest BCUT2D eigenvalue weighted by molar-refractivity contribution is 0.361. The molecule has 0 radical (unpaired) electrons. The molecule has 1 heterocycles. The third-order valence-corrected chi connectivity index (χ3v) is 4.35. The van der Waals surface area contributed by atoms with Gasteiger partial charge in [-0.15, -0.1) is 0 Å². The summed E-state index contributed by atoms with van der Waals surface area (Å²) in [5.41, 5.74) is 1.19. The van der Waals surface area contributed by atoms with E-state index in [1.807, 2.05) is 36.4 Å². The summed E-state index contributed by atoms with van der Waals surface area (Å²) in [6.45, 7) is 4.60. The Morgan fingerprint density at radius 3 is 2.83 bits per heavy atom. The number of fused-ring (bicyclic) bond motifs is 2. The van der Waals surface area contributed by atoms with Crippen molar-refractivity contribution in [1.82, 2.24) is 5.32 Å². The zero-order valence-corrected chi connectivity index (χ0v) is 13.8. The van der Waals surface area contributed by atoms with Crippen LogP contribution >= 0.6 is 12.0 Å². The van der Waals surface area contributed by atoms with Crippen molar-refractivity contribution in [2.75, 3.05) is 19.7 Å². The smallest absolute Gasteiger partial charge is 0.201 e. The normalized spacial score (nSPS) is 11.3. The van der Waals surface area contributed by atoms with Crippen LogP contribution in [-0.2, 0) is 4.18 Å². The molecule has 0 fully saturated rings. The van der Waals surface area contributed by atoms with Crippen molar-refractivity contribution in [2.45, 2.75) is 18.2 Å². The molecule has 5 heteroatoms. The Hall–Kier alpha value is -1.82. The zero-order chi connectivity index (χ0) is 16.1. The van der Waals surface area contributed by atoms with Gasteiger partial charge < -0.3 is 13.9 Å². The maximum Gasteiger partial charge on any atom is 0.201 e. The van der Waals surface area contributed by atoms with Gasteiger partial charge in [0.25, 0.3) is 0 Å². The third kappa shape index (κ3) is 3.58. The zero-order valence-electron chi connectivity index (χ0n) is 13.0. The first-order chi connectivity index (χ1) is 11.3. The molecule has 0 unspecified atom stereocenters. The topological polar surface area (TPSA) is 51.5 Å². The molecule has 3 aromatic rings. The molecule has 0 saturated heterocycles. The Labute approximate surface area is 139 Å². The summed E-state index contributed by atoms with van der Waals surface area (Å²) >= 11 is 1.24. The quantitative estimate of drug-likeness (QED) is 0.404. The van der Waals surface area contributed by atoms with Gasteiger partial charge in [0.15, 0.2) is 0 Å². The molecule has 0 atom stereocenters. The first kappa shape index (κ1) is 16.1. The largest absolute Gasteiger partial charge is 0.456 e. The van der Waals surface area contributed by atoms with E-state index >= 15 is 0 Å². The Bertz CT molecular complexity index is 860. The average Bonchev–Trinajstić information content (AvgIpc) is 2.58. The Morgan fingerprint density at radius 1 is 1.13 bits per heavy atom. The number of hydrogen-bond donors (Lipinski definition) is 1. The average molecular weight is 329 g/mol. The lowest BCUT2D eigenvalue weighted by atomic mass is 10.1. The van der Waals surface area contributed by atoms with E-state index in [1.54, 1.807) is 6.07 Å². The second-order valence-electron chi connectivity index (χ2n) is 5.17. The minimum Gasteiger partial charge on any atom is -0.456 e. The summed E-state index contributed by atoms with van der Waals surface area (Å²) in [5.74, 6) is 0. The van der Waals surface area contributed by atoms with Gasteiger partial charge in [-0.1, -0.05) is 25.1 Å². The van der Waals surface area contributed by atoms with Crippen molar-refractivity contribution < 1.29 is 8.60 Å². The second-order valence-corrected chi connectivity index (χ2v) is 6.01. The molecular weight excluding hydrogens is 310 g/mol. The fourth-order valence-electron chi connectivity index (χ4n) is 2.42. The predicted molar refractivity (Wildman–Crippen MR) is 95.0 cm³/mol. The fraction of sp³-hybridized carbons (Fsp3) is 0.278. The first-order valence-electron chi connectivity index (χ1n) is 7.76. The van der Waals surface area contributed by atoms with Gasteiger partial charge in [-0.2, -0.15) is 0 Å². The van der Waals surface area contributed by atoms with Gasteiger partial charge in [0.2, 0.25) is 5.43 Å². The highest BCUT2D eigenvalue weighted by Crippen LogP contribution is 2.28. The van der Waals surface area contributed by atoms with Crippen molar-refractivity contribution in [3.05, 3.63) is 52.7 Å². The maximum atomic E-state index is 12.7. The van der Waals surface area contributed by atoms with Gasteiger partial charge in [0, 0.05) is 12.0 Å². The standard InChI is InChI=1S/C18H19NO3S/c1-2-19-11-6-12-21-23-16-10-5-9-15-17(16)18(20)13-7-3-4-8-14(13)22-15/h3-5,7-10,19H,2,6,11-12H2,1H3. The summed E-state index contributed by atoms with van der Waals surface area (Å²) in [6, 6.07) is 12.9. The van der Waals surface area contributed by atoms with Gasteiger partial charge in [0.05, 0.1) is 22.3 Å². The molecule has 0 amide bonds. The molecule has 1 aromatic heterocycles. The molecule has 0 saturated carbocycles. The number of rotatable bonds is 7. The molecule has 4 nitrogen and oxygen atoms in total. The lowest BCUT2D eigenvalue weighted by Crippen LogP contribution is -2.15. The molecule has 0 aliphatic carbocycles. The van der Waals surface area contributed by atoms with Crippen LogP contribution in [-0.4, -0.2) is 19.7 Å². The van der Waals surface area contributed by atoms with E-state index in [0.29, 0.717) is 28.5 Å². The van der Waals surface area contributed by atoms with E-state index in [0.717, 1.165) is 24.4 Å². The van der Waals surface area contributed by atoms with Crippen LogP contribution in [0.4, 0.5) is 0 Å². The minimum absolute atomic E-state index is 0.0128. The van der Waals surface area contributed by atoms with Crippen LogP contribution in [0.2, 0.25) is 0 Å². The van der Waals surface area contributed by atoms with Crippen LogP contribution in [0, 0.1) is 0 Å². The highest BCUT2D eigenvalue weighted by Gasteiger charge is 2.11. The van der Waals surface area contributed by atoms with Gasteiger partial charge in [-0.05, 0) is 43.8 Å². The van der Waals surface area contributed by atoms with E-state index in [9.17, 15) is 4.79 Å². The van der Waals surface area contributed by atoms with Gasteiger partial charge >= 0.3 is 0 Å². The molecular formula is C18H19NO3S. The van der Waals surface area contributed by atoms with Crippen molar-refractivity contribution in [3.63, 3.8) is 0 Å². The van der Waals surface area contributed by atoms with Crippen LogP contribution in [0.25, 0.3) is 21.9 Å². The molecule has 0 aliphatic rings. The molecule has 3 rings (SSSR count). The number of benzene rings is 2. The van der Waals surface area contributed by atoms with E-state index in [2.05, 4.69) is 12.2 Å². The van der Waals surface area contributed by atoms with Crippen LogP contribution in [0.5, 0.6) is 0 Å². The Kier molecular flexibility index (Phi) is 5.33. The maximum absolute atomic E-state index is 12.7. The number of hydrogen-bond acceptors (Lipinski definition) is 5. The molecule has 0 spiro atoms. The van der Waals surface area contributed by atoms with Crippen molar-refractivity contribution in [2.24, 2.45) is 0 Å².